The third kappa shape index (κ3) is 3.01. The van der Waals surface area contributed by atoms with Gasteiger partial charge in [-0.15, -0.1) is 0 Å². The first-order valence-electron chi connectivity index (χ1n) is 7.10. The number of hydrogen-bond acceptors (Lipinski definition) is 2. The summed E-state index contributed by atoms with van der Waals surface area (Å²) >= 11 is 0. The molecule has 0 aromatic heterocycles. The lowest BCUT2D eigenvalue weighted by molar-refractivity contribution is -0.137. The lowest BCUT2D eigenvalue weighted by atomic mass is 9.81. The minimum absolute atomic E-state index is 0.225. The summed E-state index contributed by atoms with van der Waals surface area (Å²) in [6, 6.07) is 0.498. The van der Waals surface area contributed by atoms with E-state index < -0.39 is 0 Å². The van der Waals surface area contributed by atoms with Gasteiger partial charge in [-0.2, -0.15) is 0 Å². The number of amides is 1. The highest BCUT2D eigenvalue weighted by Crippen LogP contribution is 2.31. The van der Waals surface area contributed by atoms with Gasteiger partial charge in [0, 0.05) is 25.6 Å². The van der Waals surface area contributed by atoms with Crippen LogP contribution in [0.3, 0.4) is 0 Å². The second-order valence-corrected chi connectivity index (χ2v) is 5.79. The smallest absolute Gasteiger partial charge is 0.225 e. The topological polar surface area (TPSA) is 40.5 Å². The van der Waals surface area contributed by atoms with Crippen LogP contribution in [0.2, 0.25) is 0 Å². The maximum Gasteiger partial charge on any atom is 0.225 e. The lowest BCUT2D eigenvalue weighted by Crippen LogP contribution is -2.40. The van der Waals surface area contributed by atoms with Crippen molar-refractivity contribution in [1.29, 1.82) is 0 Å². The van der Waals surface area contributed by atoms with Crippen molar-refractivity contribution in [3.05, 3.63) is 0 Å². The zero-order valence-corrected chi connectivity index (χ0v) is 10.9. The third-order valence-electron chi connectivity index (χ3n) is 4.67. The zero-order chi connectivity index (χ0) is 12.3. The van der Waals surface area contributed by atoms with Crippen molar-refractivity contribution in [3.8, 4) is 0 Å². The molecule has 0 atom stereocenters. The second-order valence-electron chi connectivity index (χ2n) is 5.79. The molecule has 0 unspecified atom stereocenters. The first-order chi connectivity index (χ1) is 8.22. The van der Waals surface area contributed by atoms with Crippen LogP contribution < -0.4 is 0 Å². The molecule has 0 heterocycles. The van der Waals surface area contributed by atoms with Crippen molar-refractivity contribution >= 4 is 5.91 Å². The Morgan fingerprint density at radius 1 is 1.12 bits per heavy atom. The van der Waals surface area contributed by atoms with E-state index >= 15 is 0 Å². The number of carbonyl (C=O) groups excluding carboxylic acids is 1. The molecular weight excluding hydrogens is 214 g/mol. The van der Waals surface area contributed by atoms with Gasteiger partial charge in [0.15, 0.2) is 0 Å². The highest BCUT2D eigenvalue weighted by molar-refractivity contribution is 5.79. The first-order valence-corrected chi connectivity index (χ1v) is 7.10. The van der Waals surface area contributed by atoms with E-state index in [1.165, 1.54) is 25.7 Å². The van der Waals surface area contributed by atoms with Crippen LogP contribution in [0, 0.1) is 11.8 Å². The highest BCUT2D eigenvalue weighted by Gasteiger charge is 2.31. The largest absolute Gasteiger partial charge is 0.396 e. The van der Waals surface area contributed by atoms with Gasteiger partial charge in [0.1, 0.15) is 0 Å². The summed E-state index contributed by atoms with van der Waals surface area (Å²) in [4.78, 5) is 14.4. The van der Waals surface area contributed by atoms with Crippen LogP contribution in [0.1, 0.15) is 51.4 Å². The average Bonchev–Trinajstić information content (AvgIpc) is 2.91. The Kier molecular flexibility index (Phi) is 4.43. The second kappa shape index (κ2) is 5.85. The standard InChI is InChI=1S/C14H25NO2/c1-15(13-4-2-3-5-13)14(17)12-8-6-11(10-16)7-9-12/h11-13,16H,2-10H2,1H3. The molecular formula is C14H25NO2. The van der Waals surface area contributed by atoms with Gasteiger partial charge in [0.05, 0.1) is 0 Å². The van der Waals surface area contributed by atoms with Crippen molar-refractivity contribution in [3.63, 3.8) is 0 Å². The molecule has 0 radical (unpaired) electrons. The van der Waals surface area contributed by atoms with Gasteiger partial charge in [-0.3, -0.25) is 4.79 Å². The van der Waals surface area contributed by atoms with Crippen molar-refractivity contribution in [2.24, 2.45) is 11.8 Å². The van der Waals surface area contributed by atoms with Gasteiger partial charge in [-0.25, -0.2) is 0 Å². The number of carbonyl (C=O) groups is 1. The van der Waals surface area contributed by atoms with Crippen molar-refractivity contribution in [1.82, 2.24) is 4.90 Å². The Balaban J connectivity index is 1.83. The summed E-state index contributed by atoms with van der Waals surface area (Å²) in [5.74, 6) is 1.02. The van der Waals surface area contributed by atoms with Gasteiger partial charge in [0.25, 0.3) is 0 Å². The maximum absolute atomic E-state index is 12.3. The molecule has 2 aliphatic carbocycles. The molecule has 3 heteroatoms. The van der Waals surface area contributed by atoms with Crippen LogP contribution in [0.4, 0.5) is 0 Å². The number of hydrogen-bond donors (Lipinski definition) is 1. The molecule has 17 heavy (non-hydrogen) atoms. The van der Waals surface area contributed by atoms with Crippen molar-refractivity contribution < 1.29 is 9.90 Å². The predicted molar refractivity (Wildman–Crippen MR) is 67.6 cm³/mol. The van der Waals surface area contributed by atoms with Crippen LogP contribution in [0.5, 0.6) is 0 Å². The quantitative estimate of drug-likeness (QED) is 0.820. The highest BCUT2D eigenvalue weighted by atomic mass is 16.3. The third-order valence-corrected chi connectivity index (χ3v) is 4.67. The van der Waals surface area contributed by atoms with E-state index in [1.807, 2.05) is 11.9 Å². The van der Waals surface area contributed by atoms with Crippen LogP contribution >= 0.6 is 0 Å². The van der Waals surface area contributed by atoms with Crippen LogP contribution in [-0.4, -0.2) is 35.6 Å². The number of aliphatic hydroxyl groups is 1. The first kappa shape index (κ1) is 12.9. The molecule has 2 fully saturated rings. The number of nitrogens with zero attached hydrogens (tertiary/aromatic N) is 1. The fourth-order valence-electron chi connectivity index (χ4n) is 3.35. The fourth-order valence-corrected chi connectivity index (χ4v) is 3.35. The summed E-state index contributed by atoms with van der Waals surface area (Å²) in [7, 11) is 1.98. The molecule has 3 nitrogen and oxygen atoms in total. The summed E-state index contributed by atoms with van der Waals surface area (Å²) in [5, 5.41) is 9.10. The minimum atomic E-state index is 0.225. The van der Waals surface area contributed by atoms with Gasteiger partial charge in [-0.05, 0) is 44.4 Å². The van der Waals surface area contributed by atoms with E-state index in [4.69, 9.17) is 5.11 Å². The maximum atomic E-state index is 12.3. The Labute approximate surface area is 104 Å². The van der Waals surface area contributed by atoms with Crippen LogP contribution in [0.25, 0.3) is 0 Å². The Morgan fingerprint density at radius 3 is 2.24 bits per heavy atom. The lowest BCUT2D eigenvalue weighted by Gasteiger charge is -2.32. The molecule has 0 aromatic carbocycles. The zero-order valence-electron chi connectivity index (χ0n) is 10.9. The van der Waals surface area contributed by atoms with Gasteiger partial charge >= 0.3 is 0 Å². The average molecular weight is 239 g/mol. The Morgan fingerprint density at radius 2 is 1.71 bits per heavy atom. The van der Waals surface area contributed by atoms with Gasteiger partial charge in [-0.1, -0.05) is 12.8 Å². The molecule has 0 saturated heterocycles. The van der Waals surface area contributed by atoms with Gasteiger partial charge in [0.2, 0.25) is 5.91 Å². The summed E-state index contributed by atoms with van der Waals surface area (Å²) in [6.45, 7) is 0.291. The molecule has 98 valence electrons. The number of rotatable bonds is 3. The molecule has 1 N–H and O–H groups in total. The molecule has 2 saturated carbocycles. The molecule has 1 amide bonds. The Bertz CT molecular complexity index is 253. The summed E-state index contributed by atoms with van der Waals surface area (Å²) in [6.07, 6.45) is 8.92. The van der Waals surface area contributed by atoms with E-state index in [0.29, 0.717) is 24.5 Å². The fraction of sp³-hybridized carbons (Fsp3) is 0.929. The molecule has 0 bridgehead atoms. The monoisotopic (exact) mass is 239 g/mol. The normalized spacial score (nSPS) is 30.5. The molecule has 0 spiro atoms. The predicted octanol–water partition coefficient (Wildman–Crippen LogP) is 2.19. The van der Waals surface area contributed by atoms with Crippen molar-refractivity contribution in [2.45, 2.75) is 57.4 Å². The Hall–Kier alpha value is -0.570. The molecule has 2 rings (SSSR count). The minimum Gasteiger partial charge on any atom is -0.396 e. The van der Waals surface area contributed by atoms with E-state index in [-0.39, 0.29) is 5.92 Å². The summed E-state index contributed by atoms with van der Waals surface area (Å²) in [5.41, 5.74) is 0. The SMILES string of the molecule is CN(C(=O)C1CCC(CO)CC1)C1CCCC1. The summed E-state index contributed by atoms with van der Waals surface area (Å²) < 4.78 is 0. The van der Waals surface area contributed by atoms with Crippen LogP contribution in [0.15, 0.2) is 0 Å². The van der Waals surface area contributed by atoms with Crippen molar-refractivity contribution in [2.75, 3.05) is 13.7 Å². The van der Waals surface area contributed by atoms with Crippen LogP contribution in [-0.2, 0) is 4.79 Å². The van der Waals surface area contributed by atoms with E-state index in [2.05, 4.69) is 0 Å². The molecule has 0 aromatic rings. The number of aliphatic hydroxyl groups excluding tert-OH is 1. The van der Waals surface area contributed by atoms with E-state index in [1.54, 1.807) is 0 Å². The molecule has 2 aliphatic rings. The van der Waals surface area contributed by atoms with E-state index in [9.17, 15) is 4.79 Å². The van der Waals surface area contributed by atoms with E-state index in [0.717, 1.165) is 25.7 Å². The molecule has 0 aliphatic heterocycles. The van der Waals surface area contributed by atoms with Gasteiger partial charge < -0.3 is 10.0 Å².